The van der Waals surface area contributed by atoms with Gasteiger partial charge in [0.2, 0.25) is 5.91 Å². The standard InChI is InChI=1S/C32H34N6O2/c1-3-13-37(14-4-2)31(39)26-18-25-6-5-23(19-29(25)36-30(33)20-26)22-7-8-28-24(17-22)9-15-38(32(28)40)16-10-27-21-34-11-12-35-27/h5-9,11-12,15,17-19,21H,3-4,10,13-14,16,20H2,1-2H3,(H2,33,36). The van der Waals surface area contributed by atoms with Crippen molar-refractivity contribution in [1.29, 1.82) is 0 Å². The Morgan fingerprint density at radius 1 is 1.02 bits per heavy atom. The summed E-state index contributed by atoms with van der Waals surface area (Å²) in [4.78, 5) is 41.3. The van der Waals surface area contributed by atoms with Crippen molar-refractivity contribution in [1.82, 2.24) is 19.4 Å². The monoisotopic (exact) mass is 534 g/mol. The molecule has 0 radical (unpaired) electrons. The van der Waals surface area contributed by atoms with E-state index in [1.165, 1.54) is 0 Å². The van der Waals surface area contributed by atoms with Crippen molar-refractivity contribution in [3.05, 3.63) is 94.4 Å². The number of amides is 1. The van der Waals surface area contributed by atoms with Gasteiger partial charge in [-0.1, -0.05) is 32.0 Å². The van der Waals surface area contributed by atoms with Gasteiger partial charge >= 0.3 is 0 Å². The SMILES string of the molecule is CCCN(CCC)C(=O)C1=Cc2ccc(-c3ccc4c(=O)n(CCc5cnccn5)ccc4c3)cc2N=C(N)C1. The molecule has 2 aromatic carbocycles. The van der Waals surface area contributed by atoms with Gasteiger partial charge < -0.3 is 15.2 Å². The Labute approximate surface area is 233 Å². The Bertz CT molecular complexity index is 1650. The van der Waals surface area contributed by atoms with Crippen LogP contribution in [0.1, 0.15) is 44.4 Å². The molecule has 2 N–H and O–H groups in total. The van der Waals surface area contributed by atoms with E-state index in [9.17, 15) is 9.59 Å². The van der Waals surface area contributed by atoms with Crippen LogP contribution >= 0.6 is 0 Å². The molecule has 8 nitrogen and oxygen atoms in total. The van der Waals surface area contributed by atoms with Crippen LogP contribution in [0.3, 0.4) is 0 Å². The number of hydrogen-bond acceptors (Lipinski definition) is 6. The highest BCUT2D eigenvalue weighted by Gasteiger charge is 2.21. The third kappa shape index (κ3) is 5.86. The fraction of sp³-hybridized carbons (Fsp3) is 0.281. The first-order chi connectivity index (χ1) is 19.5. The first-order valence-corrected chi connectivity index (χ1v) is 13.8. The molecule has 0 saturated heterocycles. The molecule has 1 aliphatic heterocycles. The molecular weight excluding hydrogens is 500 g/mol. The molecule has 204 valence electrons. The molecule has 3 heterocycles. The number of nitrogens with zero attached hydrogens (tertiary/aromatic N) is 5. The lowest BCUT2D eigenvalue weighted by molar-refractivity contribution is -0.127. The molecule has 0 atom stereocenters. The smallest absolute Gasteiger partial charge is 0.258 e. The zero-order chi connectivity index (χ0) is 28.1. The van der Waals surface area contributed by atoms with Crippen LogP contribution in [0.25, 0.3) is 28.0 Å². The number of fused-ring (bicyclic) bond motifs is 2. The van der Waals surface area contributed by atoms with Crippen LogP contribution in [0.15, 0.2) is 82.6 Å². The van der Waals surface area contributed by atoms with E-state index in [1.807, 2.05) is 59.6 Å². The van der Waals surface area contributed by atoms with Crippen LogP contribution in [-0.2, 0) is 17.8 Å². The Kier molecular flexibility index (Phi) is 8.15. The molecule has 0 fully saturated rings. The molecule has 0 aliphatic carbocycles. The summed E-state index contributed by atoms with van der Waals surface area (Å²) in [6, 6.07) is 13.8. The summed E-state index contributed by atoms with van der Waals surface area (Å²) in [6.07, 6.45) is 11.5. The van der Waals surface area contributed by atoms with Crippen LogP contribution in [0.2, 0.25) is 0 Å². The molecule has 0 bridgehead atoms. The van der Waals surface area contributed by atoms with Crippen LogP contribution in [0.5, 0.6) is 0 Å². The number of pyridine rings is 1. The number of aryl methyl sites for hydroxylation is 2. The summed E-state index contributed by atoms with van der Waals surface area (Å²) in [5.74, 6) is 0.444. The van der Waals surface area contributed by atoms with Crippen molar-refractivity contribution in [2.24, 2.45) is 10.7 Å². The molecule has 8 heteroatoms. The van der Waals surface area contributed by atoms with Crippen LogP contribution in [0, 0.1) is 0 Å². The number of carbonyl (C=O) groups excluding carboxylic acids is 1. The third-order valence-electron chi connectivity index (χ3n) is 7.08. The fourth-order valence-electron chi connectivity index (χ4n) is 5.10. The summed E-state index contributed by atoms with van der Waals surface area (Å²) in [6.45, 7) is 6.14. The van der Waals surface area contributed by atoms with Gasteiger partial charge in [0, 0.05) is 73.8 Å². The maximum absolute atomic E-state index is 13.3. The van der Waals surface area contributed by atoms with Crippen molar-refractivity contribution < 1.29 is 4.79 Å². The van der Waals surface area contributed by atoms with E-state index < -0.39 is 0 Å². The van der Waals surface area contributed by atoms with Crippen LogP contribution in [-0.4, -0.2) is 44.3 Å². The lowest BCUT2D eigenvalue weighted by Gasteiger charge is -2.22. The first kappa shape index (κ1) is 27.0. The largest absolute Gasteiger partial charge is 0.387 e. The van der Waals surface area contributed by atoms with Crippen LogP contribution < -0.4 is 11.3 Å². The Morgan fingerprint density at radius 3 is 2.55 bits per heavy atom. The number of hydrogen-bond donors (Lipinski definition) is 1. The molecule has 40 heavy (non-hydrogen) atoms. The predicted octanol–water partition coefficient (Wildman–Crippen LogP) is 5.13. The van der Waals surface area contributed by atoms with E-state index in [0.717, 1.165) is 59.4 Å². The van der Waals surface area contributed by atoms with Gasteiger partial charge in [0.25, 0.3) is 5.56 Å². The van der Waals surface area contributed by atoms with Crippen molar-refractivity contribution in [3.8, 4) is 11.1 Å². The summed E-state index contributed by atoms with van der Waals surface area (Å²) in [5, 5.41) is 1.54. The Balaban J connectivity index is 1.42. The number of benzene rings is 2. The highest BCUT2D eigenvalue weighted by Crippen LogP contribution is 2.33. The second-order valence-electron chi connectivity index (χ2n) is 10.1. The number of amidine groups is 1. The van der Waals surface area contributed by atoms with Gasteiger partial charge in [0.1, 0.15) is 5.84 Å². The fourth-order valence-corrected chi connectivity index (χ4v) is 5.10. The summed E-state index contributed by atoms with van der Waals surface area (Å²) in [5.41, 5.74) is 11.3. The van der Waals surface area contributed by atoms with Gasteiger partial charge in [-0.15, -0.1) is 0 Å². The van der Waals surface area contributed by atoms with Crippen molar-refractivity contribution in [2.75, 3.05) is 13.1 Å². The molecule has 5 rings (SSSR count). The minimum Gasteiger partial charge on any atom is -0.387 e. The molecule has 0 spiro atoms. The Hall–Kier alpha value is -4.59. The third-order valence-corrected chi connectivity index (χ3v) is 7.08. The number of nitrogens with two attached hydrogens (primary N) is 1. The van der Waals surface area contributed by atoms with Crippen molar-refractivity contribution >= 4 is 34.3 Å². The maximum atomic E-state index is 13.3. The number of aliphatic imine (C=N–C) groups is 1. The highest BCUT2D eigenvalue weighted by atomic mass is 16.2. The maximum Gasteiger partial charge on any atom is 0.258 e. The second-order valence-corrected chi connectivity index (χ2v) is 10.1. The van der Waals surface area contributed by atoms with Gasteiger partial charge in [-0.2, -0.15) is 0 Å². The summed E-state index contributed by atoms with van der Waals surface area (Å²) < 4.78 is 1.71. The topological polar surface area (TPSA) is 106 Å². The number of aromatic nitrogens is 3. The average molecular weight is 535 g/mol. The van der Waals surface area contributed by atoms with Crippen molar-refractivity contribution in [2.45, 2.75) is 46.1 Å². The lowest BCUT2D eigenvalue weighted by atomic mass is 9.99. The zero-order valence-corrected chi connectivity index (χ0v) is 23.0. The first-order valence-electron chi connectivity index (χ1n) is 13.8. The zero-order valence-electron chi connectivity index (χ0n) is 23.0. The second kappa shape index (κ2) is 12.1. The number of rotatable bonds is 9. The van der Waals surface area contributed by atoms with Gasteiger partial charge in [-0.05, 0) is 59.7 Å². The summed E-state index contributed by atoms with van der Waals surface area (Å²) in [7, 11) is 0. The average Bonchev–Trinajstić information content (AvgIpc) is 3.14. The van der Waals surface area contributed by atoms with E-state index in [4.69, 9.17) is 5.73 Å². The molecule has 0 unspecified atom stereocenters. The molecule has 1 amide bonds. The normalized spacial score (nSPS) is 12.8. The Morgan fingerprint density at radius 2 is 1.80 bits per heavy atom. The van der Waals surface area contributed by atoms with Gasteiger partial charge in [0.15, 0.2) is 0 Å². The minimum atomic E-state index is -0.0326. The van der Waals surface area contributed by atoms with Crippen molar-refractivity contribution in [3.63, 3.8) is 0 Å². The van der Waals surface area contributed by atoms with Crippen LogP contribution in [0.4, 0.5) is 5.69 Å². The van der Waals surface area contributed by atoms with E-state index in [1.54, 1.807) is 23.2 Å². The molecular formula is C32H34N6O2. The van der Waals surface area contributed by atoms with Gasteiger partial charge in [-0.25, -0.2) is 4.99 Å². The van der Waals surface area contributed by atoms with E-state index in [2.05, 4.69) is 28.8 Å². The quantitative estimate of drug-likeness (QED) is 0.321. The van der Waals surface area contributed by atoms with E-state index in [0.29, 0.717) is 36.2 Å². The number of carbonyl (C=O) groups is 1. The predicted molar refractivity (Wildman–Crippen MR) is 160 cm³/mol. The lowest BCUT2D eigenvalue weighted by Crippen LogP contribution is -2.34. The van der Waals surface area contributed by atoms with Gasteiger partial charge in [0.05, 0.1) is 11.4 Å². The van der Waals surface area contributed by atoms with E-state index >= 15 is 0 Å². The van der Waals surface area contributed by atoms with E-state index in [-0.39, 0.29) is 11.5 Å². The molecule has 2 aromatic heterocycles. The highest BCUT2D eigenvalue weighted by molar-refractivity contribution is 6.05. The summed E-state index contributed by atoms with van der Waals surface area (Å²) >= 11 is 0. The van der Waals surface area contributed by atoms with Gasteiger partial charge in [-0.3, -0.25) is 19.6 Å². The molecule has 1 aliphatic rings. The minimum absolute atomic E-state index is 0.0238. The molecule has 4 aromatic rings. The molecule has 0 saturated carbocycles.